The van der Waals surface area contributed by atoms with Crippen molar-refractivity contribution < 1.29 is 15.3 Å². The molecule has 0 saturated carbocycles. The van der Waals surface area contributed by atoms with Crippen molar-refractivity contribution in [1.29, 1.82) is 0 Å². The Bertz CT molecular complexity index is 638. The van der Waals surface area contributed by atoms with E-state index in [0.717, 1.165) is 11.1 Å². The van der Waals surface area contributed by atoms with Crippen molar-refractivity contribution in [1.82, 2.24) is 0 Å². The van der Waals surface area contributed by atoms with E-state index in [-0.39, 0.29) is 17.4 Å². The van der Waals surface area contributed by atoms with Crippen LogP contribution in [0.15, 0.2) is 54.6 Å². The van der Waals surface area contributed by atoms with Gasteiger partial charge < -0.3 is 15.3 Å². The van der Waals surface area contributed by atoms with Gasteiger partial charge in [0.2, 0.25) is 0 Å². The maximum absolute atomic E-state index is 10.3. The molecule has 0 amide bonds. The number of hydrogen-bond donors (Lipinski definition) is 3. The number of allylic oxidation sites excluding steroid dienone is 1. The van der Waals surface area contributed by atoms with Gasteiger partial charge in [0, 0.05) is 11.5 Å². The summed E-state index contributed by atoms with van der Waals surface area (Å²) in [7, 11) is 0. The van der Waals surface area contributed by atoms with E-state index < -0.39 is 6.10 Å². The highest BCUT2D eigenvalue weighted by molar-refractivity contribution is 5.69. The maximum Gasteiger partial charge on any atom is 0.123 e. The van der Waals surface area contributed by atoms with Crippen LogP contribution in [0, 0.1) is 0 Å². The standard InChI is InChI=1S/C18H18O3/c19-15-8-6-13(7-9-15)18-16(20)10-14(11-17(18)21)12-4-2-1-3-5-12/h1-6,8,10-11,13,15,19-21H,7,9H2. The van der Waals surface area contributed by atoms with E-state index >= 15 is 0 Å². The smallest absolute Gasteiger partial charge is 0.123 e. The molecule has 2 unspecified atom stereocenters. The van der Waals surface area contributed by atoms with Crippen molar-refractivity contribution in [2.24, 2.45) is 0 Å². The number of aliphatic hydroxyl groups excluding tert-OH is 1. The summed E-state index contributed by atoms with van der Waals surface area (Å²) in [5.74, 6) is 0.137. The lowest BCUT2D eigenvalue weighted by Crippen LogP contribution is -2.11. The number of aromatic hydroxyl groups is 2. The molecule has 21 heavy (non-hydrogen) atoms. The molecule has 0 radical (unpaired) electrons. The van der Waals surface area contributed by atoms with Crippen LogP contribution in [0.5, 0.6) is 11.5 Å². The molecule has 3 nitrogen and oxygen atoms in total. The molecule has 0 aliphatic heterocycles. The molecule has 1 aliphatic rings. The van der Waals surface area contributed by atoms with Crippen LogP contribution in [0.25, 0.3) is 11.1 Å². The minimum Gasteiger partial charge on any atom is -0.507 e. The van der Waals surface area contributed by atoms with Crippen molar-refractivity contribution in [3.63, 3.8) is 0 Å². The molecular weight excluding hydrogens is 264 g/mol. The van der Waals surface area contributed by atoms with Gasteiger partial charge in [-0.15, -0.1) is 0 Å². The third kappa shape index (κ3) is 2.78. The zero-order valence-corrected chi connectivity index (χ0v) is 11.6. The van der Waals surface area contributed by atoms with E-state index in [1.807, 2.05) is 36.4 Å². The Morgan fingerprint density at radius 1 is 0.810 bits per heavy atom. The zero-order chi connectivity index (χ0) is 14.8. The van der Waals surface area contributed by atoms with E-state index in [4.69, 9.17) is 0 Å². The van der Waals surface area contributed by atoms with Crippen LogP contribution < -0.4 is 0 Å². The lowest BCUT2D eigenvalue weighted by Gasteiger charge is -2.22. The normalized spacial score (nSPS) is 21.4. The second kappa shape index (κ2) is 5.62. The average molecular weight is 282 g/mol. The molecule has 0 fully saturated rings. The Morgan fingerprint density at radius 2 is 1.48 bits per heavy atom. The first-order chi connectivity index (χ1) is 10.1. The van der Waals surface area contributed by atoms with Crippen molar-refractivity contribution in [3.8, 4) is 22.6 Å². The number of aliphatic hydroxyl groups is 1. The van der Waals surface area contributed by atoms with Gasteiger partial charge in [0.05, 0.1) is 6.10 Å². The summed E-state index contributed by atoms with van der Waals surface area (Å²) in [6.07, 6.45) is 4.50. The van der Waals surface area contributed by atoms with Gasteiger partial charge in [-0.05, 0) is 36.1 Å². The SMILES string of the molecule is Oc1cc(-c2ccccc2)cc(O)c1C1C=CC(O)CC1. The summed E-state index contributed by atoms with van der Waals surface area (Å²) in [5.41, 5.74) is 2.27. The molecule has 0 bridgehead atoms. The largest absolute Gasteiger partial charge is 0.507 e. The predicted octanol–water partition coefficient (Wildman–Crippen LogP) is 3.56. The highest BCUT2D eigenvalue weighted by Crippen LogP contribution is 2.41. The minimum atomic E-state index is -0.422. The molecule has 2 atom stereocenters. The van der Waals surface area contributed by atoms with Gasteiger partial charge in [-0.2, -0.15) is 0 Å². The summed E-state index contributed by atoms with van der Waals surface area (Å²) < 4.78 is 0. The maximum atomic E-state index is 10.3. The van der Waals surface area contributed by atoms with Crippen LogP contribution in [0.4, 0.5) is 0 Å². The third-order valence-electron chi connectivity index (χ3n) is 3.95. The Labute approximate surface area is 123 Å². The van der Waals surface area contributed by atoms with E-state index in [9.17, 15) is 15.3 Å². The Morgan fingerprint density at radius 3 is 2.05 bits per heavy atom. The first-order valence-corrected chi connectivity index (χ1v) is 7.13. The molecule has 0 aromatic heterocycles. The van der Waals surface area contributed by atoms with E-state index in [0.29, 0.717) is 18.4 Å². The molecule has 3 rings (SSSR count). The molecule has 0 spiro atoms. The third-order valence-corrected chi connectivity index (χ3v) is 3.95. The fraction of sp³-hybridized carbons (Fsp3) is 0.222. The van der Waals surface area contributed by atoms with Gasteiger partial charge in [0.1, 0.15) is 11.5 Å². The van der Waals surface area contributed by atoms with Crippen LogP contribution in [-0.2, 0) is 0 Å². The number of hydrogen-bond acceptors (Lipinski definition) is 3. The van der Waals surface area contributed by atoms with Crippen molar-refractivity contribution in [2.45, 2.75) is 24.9 Å². The Balaban J connectivity index is 1.99. The topological polar surface area (TPSA) is 60.7 Å². The first-order valence-electron chi connectivity index (χ1n) is 7.13. The monoisotopic (exact) mass is 282 g/mol. The Hall–Kier alpha value is -2.26. The van der Waals surface area contributed by atoms with Crippen molar-refractivity contribution >= 4 is 0 Å². The molecule has 2 aromatic rings. The fourth-order valence-electron chi connectivity index (χ4n) is 2.85. The number of phenols is 2. The second-order valence-corrected chi connectivity index (χ2v) is 5.43. The zero-order valence-electron chi connectivity index (χ0n) is 11.6. The van der Waals surface area contributed by atoms with Gasteiger partial charge in [-0.1, -0.05) is 42.5 Å². The van der Waals surface area contributed by atoms with Crippen molar-refractivity contribution in [3.05, 3.63) is 60.2 Å². The average Bonchev–Trinajstić information content (AvgIpc) is 2.49. The van der Waals surface area contributed by atoms with Crippen LogP contribution in [0.1, 0.15) is 24.3 Å². The van der Waals surface area contributed by atoms with Gasteiger partial charge >= 0.3 is 0 Å². The molecular formula is C18H18O3. The van der Waals surface area contributed by atoms with Crippen LogP contribution in [0.3, 0.4) is 0 Å². The van der Waals surface area contributed by atoms with Gasteiger partial charge in [0.25, 0.3) is 0 Å². The number of benzene rings is 2. The molecule has 108 valence electrons. The lowest BCUT2D eigenvalue weighted by atomic mass is 9.86. The lowest BCUT2D eigenvalue weighted by molar-refractivity contribution is 0.200. The predicted molar refractivity (Wildman–Crippen MR) is 82.3 cm³/mol. The summed E-state index contributed by atoms with van der Waals surface area (Å²) in [4.78, 5) is 0. The number of rotatable bonds is 2. The summed E-state index contributed by atoms with van der Waals surface area (Å²) in [6, 6.07) is 13.0. The van der Waals surface area contributed by atoms with Gasteiger partial charge in [-0.3, -0.25) is 0 Å². The highest BCUT2D eigenvalue weighted by atomic mass is 16.3. The Kier molecular flexibility index (Phi) is 3.67. The second-order valence-electron chi connectivity index (χ2n) is 5.43. The quantitative estimate of drug-likeness (QED) is 0.738. The van der Waals surface area contributed by atoms with Crippen molar-refractivity contribution in [2.75, 3.05) is 0 Å². The molecule has 3 N–H and O–H groups in total. The van der Waals surface area contributed by atoms with Crippen LogP contribution >= 0.6 is 0 Å². The van der Waals surface area contributed by atoms with Crippen LogP contribution in [-0.4, -0.2) is 21.4 Å². The molecule has 3 heteroatoms. The first kappa shape index (κ1) is 13.7. The highest BCUT2D eigenvalue weighted by Gasteiger charge is 2.22. The fourth-order valence-corrected chi connectivity index (χ4v) is 2.85. The molecule has 2 aromatic carbocycles. The molecule has 1 aliphatic carbocycles. The molecule has 0 saturated heterocycles. The summed E-state index contributed by atoms with van der Waals surface area (Å²) >= 11 is 0. The van der Waals surface area contributed by atoms with Gasteiger partial charge in [-0.25, -0.2) is 0 Å². The van der Waals surface area contributed by atoms with E-state index in [1.165, 1.54) is 0 Å². The summed E-state index contributed by atoms with van der Waals surface area (Å²) in [6.45, 7) is 0. The molecule has 0 heterocycles. The summed E-state index contributed by atoms with van der Waals surface area (Å²) in [5, 5.41) is 30.1. The van der Waals surface area contributed by atoms with E-state index in [1.54, 1.807) is 18.2 Å². The number of phenolic OH excluding ortho intramolecular Hbond substituents is 2. The van der Waals surface area contributed by atoms with Gasteiger partial charge in [0.15, 0.2) is 0 Å². The van der Waals surface area contributed by atoms with Crippen LogP contribution in [0.2, 0.25) is 0 Å². The van der Waals surface area contributed by atoms with E-state index in [2.05, 4.69) is 0 Å². The minimum absolute atomic E-state index is 0.0572.